The molecule has 32 heavy (non-hydrogen) atoms. The normalized spacial score (nSPS) is 15.9. The number of rotatable bonds is 7. The molecule has 10 heteroatoms. The summed E-state index contributed by atoms with van der Waals surface area (Å²) in [6.07, 6.45) is -3.92. The fourth-order valence-corrected chi connectivity index (χ4v) is 3.35. The number of benzene rings is 2. The number of guanidine groups is 1. The van der Waals surface area contributed by atoms with Gasteiger partial charge in [0.05, 0.1) is 6.61 Å². The summed E-state index contributed by atoms with van der Waals surface area (Å²) >= 11 is 0. The van der Waals surface area contributed by atoms with Crippen molar-refractivity contribution in [3.05, 3.63) is 65.2 Å². The highest BCUT2D eigenvalue weighted by Gasteiger charge is 2.27. The predicted octanol–water partition coefficient (Wildman–Crippen LogP) is 4.17. The summed E-state index contributed by atoms with van der Waals surface area (Å²) in [4.78, 5) is 16.2. The van der Waals surface area contributed by atoms with Crippen LogP contribution < -0.4 is 16.0 Å². The van der Waals surface area contributed by atoms with Crippen LogP contribution in [0.15, 0.2) is 53.5 Å². The average molecular weight is 562 g/mol. The highest BCUT2D eigenvalue weighted by molar-refractivity contribution is 14.0. The summed E-state index contributed by atoms with van der Waals surface area (Å²) < 4.78 is 41.1. The minimum atomic E-state index is -4.32. The summed E-state index contributed by atoms with van der Waals surface area (Å²) in [6, 6.07) is 14.9. The molecule has 1 aliphatic rings. The van der Waals surface area contributed by atoms with Crippen molar-refractivity contribution in [3.8, 4) is 0 Å². The third kappa shape index (κ3) is 7.97. The SMILES string of the molecule is CN=C(NCc1ccc(COCC(F)(F)F)cc1)NCC1CC(=O)Nc2ccccc21.I. The number of nitrogens with zero attached hydrogens (tertiary/aromatic N) is 1. The van der Waals surface area contributed by atoms with E-state index in [0.717, 1.165) is 16.8 Å². The molecule has 6 nitrogen and oxygen atoms in total. The Kier molecular flexibility index (Phi) is 9.76. The number of hydrogen-bond acceptors (Lipinski definition) is 3. The average Bonchev–Trinajstić information content (AvgIpc) is 2.73. The summed E-state index contributed by atoms with van der Waals surface area (Å²) in [5.74, 6) is 0.633. The van der Waals surface area contributed by atoms with E-state index in [-0.39, 0.29) is 42.4 Å². The molecule has 3 rings (SSSR count). The molecular weight excluding hydrogens is 536 g/mol. The third-order valence-corrected chi connectivity index (χ3v) is 4.86. The molecule has 0 saturated heterocycles. The molecule has 1 unspecified atom stereocenters. The molecule has 174 valence electrons. The van der Waals surface area contributed by atoms with E-state index in [9.17, 15) is 18.0 Å². The van der Waals surface area contributed by atoms with Gasteiger partial charge in [-0.05, 0) is 22.8 Å². The number of para-hydroxylation sites is 1. The highest BCUT2D eigenvalue weighted by atomic mass is 127. The van der Waals surface area contributed by atoms with Gasteiger partial charge < -0.3 is 20.7 Å². The second kappa shape index (κ2) is 12.0. The van der Waals surface area contributed by atoms with Gasteiger partial charge in [0.1, 0.15) is 6.61 Å². The van der Waals surface area contributed by atoms with Gasteiger partial charge in [0.15, 0.2) is 5.96 Å². The Morgan fingerprint density at radius 2 is 1.81 bits per heavy atom. The molecule has 2 aromatic rings. The molecule has 0 bridgehead atoms. The van der Waals surface area contributed by atoms with Crippen LogP contribution in [0.1, 0.15) is 29.0 Å². The zero-order chi connectivity index (χ0) is 22.3. The largest absolute Gasteiger partial charge is 0.411 e. The van der Waals surface area contributed by atoms with Crippen LogP contribution in [0.5, 0.6) is 0 Å². The van der Waals surface area contributed by atoms with Gasteiger partial charge in [0.25, 0.3) is 0 Å². The Bertz CT molecular complexity index is 920. The summed E-state index contributed by atoms with van der Waals surface area (Å²) in [6.45, 7) is -0.303. The first-order valence-corrected chi connectivity index (χ1v) is 9.89. The monoisotopic (exact) mass is 562 g/mol. The van der Waals surface area contributed by atoms with E-state index in [2.05, 4.69) is 25.7 Å². The lowest BCUT2D eigenvalue weighted by Crippen LogP contribution is -2.40. The molecule has 0 saturated carbocycles. The molecule has 0 spiro atoms. The van der Waals surface area contributed by atoms with Crippen LogP contribution >= 0.6 is 24.0 Å². The number of carbonyl (C=O) groups is 1. The van der Waals surface area contributed by atoms with Gasteiger partial charge in [-0.1, -0.05) is 42.5 Å². The van der Waals surface area contributed by atoms with Crippen molar-refractivity contribution in [2.45, 2.75) is 31.7 Å². The summed E-state index contributed by atoms with van der Waals surface area (Å²) in [5, 5.41) is 9.34. The second-order valence-corrected chi connectivity index (χ2v) is 7.27. The van der Waals surface area contributed by atoms with Crippen molar-refractivity contribution in [3.63, 3.8) is 0 Å². The van der Waals surface area contributed by atoms with Crippen molar-refractivity contribution < 1.29 is 22.7 Å². The first kappa shape index (κ1) is 25.9. The quantitative estimate of drug-likeness (QED) is 0.269. The van der Waals surface area contributed by atoms with Crippen LogP contribution in [-0.4, -0.2) is 38.2 Å². The molecule has 0 aromatic heterocycles. The lowest BCUT2D eigenvalue weighted by molar-refractivity contribution is -0.176. The van der Waals surface area contributed by atoms with E-state index in [4.69, 9.17) is 0 Å². The van der Waals surface area contributed by atoms with Gasteiger partial charge in [0, 0.05) is 38.2 Å². The van der Waals surface area contributed by atoms with Crippen LogP contribution in [0.2, 0.25) is 0 Å². The van der Waals surface area contributed by atoms with E-state index in [0.29, 0.717) is 31.0 Å². The van der Waals surface area contributed by atoms with Gasteiger partial charge in [-0.15, -0.1) is 24.0 Å². The number of amides is 1. The topological polar surface area (TPSA) is 74.8 Å². The molecule has 1 amide bonds. The number of hydrogen-bond donors (Lipinski definition) is 3. The van der Waals surface area contributed by atoms with Crippen LogP contribution in [0.25, 0.3) is 0 Å². The minimum Gasteiger partial charge on any atom is -0.367 e. The lowest BCUT2D eigenvalue weighted by atomic mass is 9.90. The van der Waals surface area contributed by atoms with E-state index in [1.165, 1.54) is 0 Å². The molecule has 3 N–H and O–H groups in total. The van der Waals surface area contributed by atoms with Crippen molar-refractivity contribution in [1.29, 1.82) is 0 Å². The Hall–Kier alpha value is -2.34. The van der Waals surface area contributed by atoms with E-state index < -0.39 is 12.8 Å². The van der Waals surface area contributed by atoms with Crippen molar-refractivity contribution >= 4 is 41.5 Å². The summed E-state index contributed by atoms with van der Waals surface area (Å²) in [7, 11) is 1.66. The van der Waals surface area contributed by atoms with Gasteiger partial charge in [-0.3, -0.25) is 9.79 Å². The third-order valence-electron chi connectivity index (χ3n) is 4.86. The smallest absolute Gasteiger partial charge is 0.367 e. The first-order valence-electron chi connectivity index (χ1n) is 9.89. The summed E-state index contributed by atoms with van der Waals surface area (Å²) in [5.41, 5.74) is 3.55. The second-order valence-electron chi connectivity index (χ2n) is 7.27. The maximum Gasteiger partial charge on any atom is 0.411 e. The van der Waals surface area contributed by atoms with Crippen LogP contribution in [0.4, 0.5) is 18.9 Å². The van der Waals surface area contributed by atoms with Gasteiger partial charge in [0.2, 0.25) is 5.91 Å². The number of halogens is 4. The molecule has 0 radical (unpaired) electrons. The number of alkyl halides is 3. The molecule has 0 fully saturated rings. The predicted molar refractivity (Wildman–Crippen MR) is 128 cm³/mol. The maximum absolute atomic E-state index is 12.1. The minimum absolute atomic E-state index is 0. The molecular formula is C22H26F3IN4O2. The number of anilines is 1. The number of fused-ring (bicyclic) bond motifs is 1. The highest BCUT2D eigenvalue weighted by Crippen LogP contribution is 2.31. The Labute approximate surface area is 202 Å². The Balaban J connectivity index is 0.00000363. The van der Waals surface area contributed by atoms with Gasteiger partial charge in [-0.2, -0.15) is 13.2 Å². The van der Waals surface area contributed by atoms with Crippen LogP contribution in [-0.2, 0) is 22.7 Å². The Morgan fingerprint density at radius 1 is 1.12 bits per heavy atom. The zero-order valence-corrected chi connectivity index (χ0v) is 19.9. The molecule has 2 aromatic carbocycles. The van der Waals surface area contributed by atoms with E-state index >= 15 is 0 Å². The van der Waals surface area contributed by atoms with Crippen LogP contribution in [0.3, 0.4) is 0 Å². The van der Waals surface area contributed by atoms with Crippen molar-refractivity contribution in [2.24, 2.45) is 4.99 Å². The number of ether oxygens (including phenoxy) is 1. The van der Waals surface area contributed by atoms with E-state index in [1.807, 2.05) is 36.4 Å². The van der Waals surface area contributed by atoms with Crippen molar-refractivity contribution in [2.75, 3.05) is 25.5 Å². The van der Waals surface area contributed by atoms with Gasteiger partial charge in [-0.25, -0.2) is 0 Å². The fraction of sp³-hybridized carbons (Fsp3) is 0.364. The first-order chi connectivity index (χ1) is 14.8. The zero-order valence-electron chi connectivity index (χ0n) is 17.5. The molecule has 1 atom stereocenters. The fourth-order valence-electron chi connectivity index (χ4n) is 3.35. The molecule has 1 aliphatic heterocycles. The number of carbonyl (C=O) groups excluding carboxylic acids is 1. The number of aliphatic imine (C=N–C) groups is 1. The van der Waals surface area contributed by atoms with Gasteiger partial charge >= 0.3 is 6.18 Å². The lowest BCUT2D eigenvalue weighted by Gasteiger charge is -2.26. The Morgan fingerprint density at radius 3 is 2.50 bits per heavy atom. The maximum atomic E-state index is 12.1. The standard InChI is InChI=1S/C22H25F3N4O2.HI/c1-26-21(28-12-17-10-20(30)29-19-5-3-2-4-18(17)19)27-11-15-6-8-16(9-7-15)13-31-14-22(23,24)25;/h2-9,17H,10-14H2,1H3,(H,29,30)(H2,26,27,28);1H. The van der Waals surface area contributed by atoms with Crippen molar-refractivity contribution in [1.82, 2.24) is 10.6 Å². The molecule has 1 heterocycles. The van der Waals surface area contributed by atoms with E-state index in [1.54, 1.807) is 19.2 Å². The van der Waals surface area contributed by atoms with Crippen LogP contribution in [0, 0.1) is 0 Å². The number of nitrogens with one attached hydrogen (secondary N) is 3. The molecule has 0 aliphatic carbocycles.